The van der Waals surface area contributed by atoms with E-state index < -0.39 is 7.04 Å². The van der Waals surface area contributed by atoms with Crippen molar-refractivity contribution in [2.45, 2.75) is 10.3 Å². The molecule has 0 aromatic carbocycles. The van der Waals surface area contributed by atoms with Crippen LogP contribution in [0, 0.1) is 0 Å². The zero-order chi connectivity index (χ0) is 9.42. The first-order valence-corrected chi connectivity index (χ1v) is 9.71. The maximum atomic E-state index is 9.04. The van der Waals surface area contributed by atoms with Gasteiger partial charge >= 0.3 is 96.5 Å². The Morgan fingerprint density at radius 1 is 1.85 bits per heavy atom. The molecular weight excluding hydrogens is 340 g/mol. The Balaban J connectivity index is 2.38. The van der Waals surface area contributed by atoms with Gasteiger partial charge in [-0.3, -0.25) is 0 Å². The van der Waals surface area contributed by atoms with E-state index in [-0.39, 0.29) is 12.5 Å². The van der Waals surface area contributed by atoms with Crippen LogP contribution >= 0.6 is 47.4 Å². The molecule has 2 rings (SSSR count). The molecule has 7 heteroatoms. The predicted octanol–water partition coefficient (Wildman–Crippen LogP) is 2.65. The minimum absolute atomic E-state index is 0.126. The first-order valence-electron chi connectivity index (χ1n) is 3.61. The van der Waals surface area contributed by atoms with Gasteiger partial charge in [0.05, 0.1) is 0 Å². The van der Waals surface area contributed by atoms with E-state index in [2.05, 4.69) is 34.0 Å². The summed E-state index contributed by atoms with van der Waals surface area (Å²) in [5, 5.41) is 9.04. The Hall–Kier alpha value is 0.900. The van der Waals surface area contributed by atoms with Crippen LogP contribution in [0.25, 0.3) is 0 Å². The molecule has 2 heterocycles. The van der Waals surface area contributed by atoms with Crippen molar-refractivity contribution in [3.63, 3.8) is 0 Å². The molecule has 2 atom stereocenters. The van der Waals surface area contributed by atoms with Gasteiger partial charge in [-0.2, -0.15) is 0 Å². The molecule has 0 spiro atoms. The van der Waals surface area contributed by atoms with Gasteiger partial charge < -0.3 is 0 Å². The summed E-state index contributed by atoms with van der Waals surface area (Å²) in [5.41, 5.74) is 0. The summed E-state index contributed by atoms with van der Waals surface area (Å²) in [6, 6.07) is 0. The van der Waals surface area contributed by atoms with E-state index in [4.69, 9.17) is 9.84 Å². The number of halogens is 1. The number of thiazole rings is 1. The van der Waals surface area contributed by atoms with Crippen molar-refractivity contribution in [3.8, 4) is 5.88 Å². The van der Waals surface area contributed by atoms with Crippen LogP contribution in [-0.2, 0) is 0 Å². The van der Waals surface area contributed by atoms with Crippen molar-refractivity contribution in [1.82, 2.24) is 4.98 Å². The van der Waals surface area contributed by atoms with E-state index in [1.165, 1.54) is 0 Å². The number of hydrogen-bond donors (Lipinski definition) is 2. The SMILES string of the molecule is OCC1COc2nc([SH](#P)I)sc21. The van der Waals surface area contributed by atoms with Gasteiger partial charge in [0.15, 0.2) is 0 Å². The zero-order valence-corrected chi connectivity index (χ0v) is 11.2. The van der Waals surface area contributed by atoms with Gasteiger partial charge in [0.25, 0.3) is 0 Å². The summed E-state index contributed by atoms with van der Waals surface area (Å²) in [5.74, 6) is 0.832. The molecule has 1 aliphatic rings. The fourth-order valence-corrected chi connectivity index (χ4v) is 4.45. The van der Waals surface area contributed by atoms with Crippen LogP contribution in [0.15, 0.2) is 4.34 Å². The van der Waals surface area contributed by atoms with Gasteiger partial charge in [-0.25, -0.2) is 0 Å². The normalized spacial score (nSPS) is 22.4. The summed E-state index contributed by atoms with van der Waals surface area (Å²) in [6.07, 6.45) is 0. The third kappa shape index (κ3) is 1.97. The number of ether oxygens (including phenoxy) is 1. The Morgan fingerprint density at radius 2 is 2.62 bits per heavy atom. The van der Waals surface area contributed by atoms with Gasteiger partial charge in [0.1, 0.15) is 0 Å². The Labute approximate surface area is 95.9 Å². The topological polar surface area (TPSA) is 42.4 Å². The number of aliphatic hydroxyl groups is 1. The minimum atomic E-state index is -0.477. The molecule has 1 aliphatic heterocycles. The number of nitrogens with zero attached hydrogens (tertiary/aromatic N) is 1. The van der Waals surface area contributed by atoms with Crippen LogP contribution in [0.4, 0.5) is 0 Å². The van der Waals surface area contributed by atoms with Crippen molar-refractivity contribution in [3.05, 3.63) is 4.88 Å². The van der Waals surface area contributed by atoms with Crippen molar-refractivity contribution in [1.29, 1.82) is 0 Å². The van der Waals surface area contributed by atoms with Crippen LogP contribution in [0.2, 0.25) is 0 Å². The molecule has 0 amide bonds. The second-order valence-electron chi connectivity index (χ2n) is 2.62. The maximum absolute atomic E-state index is 9.04. The fourth-order valence-electron chi connectivity index (χ4n) is 1.14. The average Bonchev–Trinajstić information content (AvgIpc) is 2.60. The predicted molar refractivity (Wildman–Crippen MR) is 65.6 cm³/mol. The first kappa shape index (κ1) is 10.4. The number of fused-ring (bicyclic) bond motifs is 1. The van der Waals surface area contributed by atoms with Crippen LogP contribution in [0.3, 0.4) is 0 Å². The molecule has 72 valence electrons. The van der Waals surface area contributed by atoms with Crippen LogP contribution in [-0.4, -0.2) is 23.3 Å². The van der Waals surface area contributed by atoms with Crippen molar-refractivity contribution >= 4 is 47.4 Å². The van der Waals surface area contributed by atoms with E-state index >= 15 is 0 Å². The monoisotopic (exact) mass is 347 g/mol. The zero-order valence-electron chi connectivity index (χ0n) is 6.47. The van der Waals surface area contributed by atoms with Gasteiger partial charge in [0.2, 0.25) is 0 Å². The summed E-state index contributed by atoms with van der Waals surface area (Å²) < 4.78 is 6.36. The Bertz CT molecular complexity index is 399. The van der Waals surface area contributed by atoms with E-state index in [1.807, 2.05) is 0 Å². The number of rotatable bonds is 1. The van der Waals surface area contributed by atoms with Crippen LogP contribution in [0.1, 0.15) is 10.8 Å². The molecule has 0 aliphatic carbocycles. The molecule has 0 saturated heterocycles. The number of aromatic nitrogens is 1. The van der Waals surface area contributed by atoms with Gasteiger partial charge in [-0.15, -0.1) is 0 Å². The van der Waals surface area contributed by atoms with E-state index in [9.17, 15) is 0 Å². The van der Waals surface area contributed by atoms with E-state index in [0.29, 0.717) is 12.5 Å². The standard InChI is InChI=1S/C6H7INO2PS2/c7-13(11)6-8-5-4(12-6)3(1-9)2-10-5/h3,9,13H,1-2H2. The van der Waals surface area contributed by atoms with E-state index in [1.54, 1.807) is 11.3 Å². The third-order valence-corrected chi connectivity index (χ3v) is 7.35. The summed E-state index contributed by atoms with van der Waals surface area (Å²) in [4.78, 5) is 5.40. The second kappa shape index (κ2) is 4.18. The average molecular weight is 347 g/mol. The van der Waals surface area contributed by atoms with Gasteiger partial charge in [-0.05, 0) is 0 Å². The van der Waals surface area contributed by atoms with Gasteiger partial charge in [0, 0.05) is 0 Å². The molecule has 0 bridgehead atoms. The first-order chi connectivity index (χ1) is 6.22. The van der Waals surface area contributed by atoms with Crippen molar-refractivity contribution in [2.75, 3.05) is 13.2 Å². The third-order valence-electron chi connectivity index (χ3n) is 1.78. The van der Waals surface area contributed by atoms with Crippen LogP contribution < -0.4 is 4.74 Å². The molecule has 1 aromatic heterocycles. The molecule has 1 N–H and O–H groups in total. The molecular formula is C6H7INO2PS2. The van der Waals surface area contributed by atoms with E-state index in [0.717, 1.165) is 9.22 Å². The van der Waals surface area contributed by atoms with Gasteiger partial charge in [-0.1, -0.05) is 0 Å². The van der Waals surface area contributed by atoms with Crippen molar-refractivity contribution in [2.24, 2.45) is 0 Å². The summed E-state index contributed by atoms with van der Waals surface area (Å²) >= 11 is 3.87. The molecule has 13 heavy (non-hydrogen) atoms. The molecule has 3 nitrogen and oxygen atoms in total. The summed E-state index contributed by atoms with van der Waals surface area (Å²) in [6.45, 7) is 0.705. The Morgan fingerprint density at radius 3 is 3.23 bits per heavy atom. The molecule has 0 fully saturated rings. The number of hydrogen-bond acceptors (Lipinski definition) is 4. The molecule has 0 saturated carbocycles. The molecule has 1 aromatic rings. The fraction of sp³-hybridized carbons (Fsp3) is 0.500. The Kier molecular flexibility index (Phi) is 3.35. The molecule has 2 unspecified atom stereocenters. The quantitative estimate of drug-likeness (QED) is 0.466. The second-order valence-corrected chi connectivity index (χ2v) is 11.3. The van der Waals surface area contributed by atoms with Crippen LogP contribution in [0.5, 0.6) is 5.88 Å². The van der Waals surface area contributed by atoms with Crippen molar-refractivity contribution < 1.29 is 9.84 Å². The molecule has 0 radical (unpaired) electrons. The summed E-state index contributed by atoms with van der Waals surface area (Å²) in [7, 11) is 3.87. The number of aliphatic hydroxyl groups excluding tert-OH is 1. The number of thiol groups is 1.